The highest BCUT2D eigenvalue weighted by Gasteiger charge is 2.31. The number of nitrogens with zero attached hydrogens (tertiary/aromatic N) is 1. The Bertz CT molecular complexity index is 248. The summed E-state index contributed by atoms with van der Waals surface area (Å²) in [6, 6.07) is 2.36. The van der Waals surface area contributed by atoms with Crippen molar-refractivity contribution in [3.63, 3.8) is 0 Å². The third-order valence-electron chi connectivity index (χ3n) is 3.48. The van der Waals surface area contributed by atoms with Gasteiger partial charge in [-0.05, 0) is 43.9 Å². The first-order chi connectivity index (χ1) is 6.72. The lowest BCUT2D eigenvalue weighted by Gasteiger charge is -2.34. The maximum absolute atomic E-state index is 8.95. The van der Waals surface area contributed by atoms with Gasteiger partial charge in [-0.25, -0.2) is 0 Å². The summed E-state index contributed by atoms with van der Waals surface area (Å²) < 4.78 is 0. The number of hydrogen-bond donors (Lipinski definition) is 0. The molecular formula is C13H19N. The van der Waals surface area contributed by atoms with Gasteiger partial charge in [0.15, 0.2) is 0 Å². The van der Waals surface area contributed by atoms with Crippen LogP contribution in [0.4, 0.5) is 0 Å². The molecule has 1 aliphatic carbocycles. The van der Waals surface area contributed by atoms with Crippen LogP contribution in [0.5, 0.6) is 0 Å². The van der Waals surface area contributed by atoms with E-state index in [-0.39, 0.29) is 5.92 Å². The van der Waals surface area contributed by atoms with E-state index in [4.69, 9.17) is 5.26 Å². The Hall–Kier alpha value is -1.03. The smallest absolute Gasteiger partial charge is 0.0656 e. The normalized spacial score (nSPS) is 34.1. The summed E-state index contributed by atoms with van der Waals surface area (Å²) in [4.78, 5) is 0. The summed E-state index contributed by atoms with van der Waals surface area (Å²) in [7, 11) is 0. The first-order valence-corrected chi connectivity index (χ1v) is 5.37. The summed E-state index contributed by atoms with van der Waals surface area (Å²) in [5.74, 6) is 1.75. The lowest BCUT2D eigenvalue weighted by atomic mass is 9.69. The van der Waals surface area contributed by atoms with Gasteiger partial charge in [-0.15, -0.1) is 13.2 Å². The summed E-state index contributed by atoms with van der Waals surface area (Å²) in [6.07, 6.45) is 7.54. The average molecular weight is 189 g/mol. The van der Waals surface area contributed by atoms with Gasteiger partial charge in [0.05, 0.1) is 6.07 Å². The van der Waals surface area contributed by atoms with E-state index in [1.54, 1.807) is 0 Å². The number of allylic oxidation sites excluding steroid dienone is 2. The predicted octanol–water partition coefficient (Wildman–Crippen LogP) is 3.55. The van der Waals surface area contributed by atoms with Gasteiger partial charge in [-0.2, -0.15) is 5.26 Å². The van der Waals surface area contributed by atoms with Crippen LogP contribution in [0.2, 0.25) is 0 Å². The molecule has 4 unspecified atom stereocenters. The Kier molecular flexibility index (Phi) is 3.95. The Morgan fingerprint density at radius 2 is 2.07 bits per heavy atom. The minimum atomic E-state index is 0.140. The lowest BCUT2D eigenvalue weighted by Crippen LogP contribution is -2.27. The Morgan fingerprint density at radius 3 is 2.57 bits per heavy atom. The number of hydrogen-bond acceptors (Lipinski definition) is 1. The van der Waals surface area contributed by atoms with Gasteiger partial charge in [0, 0.05) is 5.92 Å². The van der Waals surface area contributed by atoms with E-state index in [0.29, 0.717) is 17.8 Å². The molecule has 1 aliphatic rings. The molecule has 0 aromatic heterocycles. The standard InChI is InChI=1S/C13H19N/c1-4-11-6-7-12(5-2)13(8-11)10(3)9-14/h4-5,10-13H,1-2,6-8H2,3H3. The predicted molar refractivity (Wildman–Crippen MR) is 59.5 cm³/mol. The van der Waals surface area contributed by atoms with Crippen LogP contribution in [-0.4, -0.2) is 0 Å². The molecule has 1 nitrogen and oxygen atoms in total. The summed E-state index contributed by atoms with van der Waals surface area (Å²) in [5.41, 5.74) is 0. The van der Waals surface area contributed by atoms with Crippen molar-refractivity contribution in [1.82, 2.24) is 0 Å². The van der Waals surface area contributed by atoms with Crippen LogP contribution < -0.4 is 0 Å². The van der Waals surface area contributed by atoms with Crippen LogP contribution in [0, 0.1) is 35.0 Å². The second kappa shape index (κ2) is 5.00. The van der Waals surface area contributed by atoms with Gasteiger partial charge in [0.2, 0.25) is 0 Å². The van der Waals surface area contributed by atoms with Crippen LogP contribution in [0.25, 0.3) is 0 Å². The first kappa shape index (κ1) is 11.0. The quantitative estimate of drug-likeness (QED) is 0.623. The zero-order chi connectivity index (χ0) is 10.6. The van der Waals surface area contributed by atoms with Gasteiger partial charge >= 0.3 is 0 Å². The summed E-state index contributed by atoms with van der Waals surface area (Å²) in [6.45, 7) is 9.73. The molecule has 0 radical (unpaired) electrons. The molecule has 0 aromatic rings. The largest absolute Gasteiger partial charge is 0.198 e. The molecule has 0 aromatic carbocycles. The molecule has 14 heavy (non-hydrogen) atoms. The second-order valence-electron chi connectivity index (χ2n) is 4.29. The molecule has 0 spiro atoms. The van der Waals surface area contributed by atoms with Crippen molar-refractivity contribution in [3.8, 4) is 6.07 Å². The SMILES string of the molecule is C=CC1CCC(C=C)C(C(C)C#N)C1. The van der Waals surface area contributed by atoms with Gasteiger partial charge in [-0.3, -0.25) is 0 Å². The van der Waals surface area contributed by atoms with E-state index < -0.39 is 0 Å². The monoisotopic (exact) mass is 189 g/mol. The Labute approximate surface area is 87.1 Å². The highest BCUT2D eigenvalue weighted by atomic mass is 14.4. The molecule has 0 saturated heterocycles. The van der Waals surface area contributed by atoms with Crippen LogP contribution in [-0.2, 0) is 0 Å². The van der Waals surface area contributed by atoms with Gasteiger partial charge < -0.3 is 0 Å². The molecule has 1 rings (SSSR count). The Balaban J connectivity index is 2.70. The minimum Gasteiger partial charge on any atom is -0.198 e. The summed E-state index contributed by atoms with van der Waals surface area (Å²) in [5, 5.41) is 8.95. The molecule has 76 valence electrons. The molecule has 0 bridgehead atoms. The fourth-order valence-corrected chi connectivity index (χ4v) is 2.44. The van der Waals surface area contributed by atoms with Crippen molar-refractivity contribution in [3.05, 3.63) is 25.3 Å². The zero-order valence-electron chi connectivity index (χ0n) is 8.95. The second-order valence-corrected chi connectivity index (χ2v) is 4.29. The fraction of sp³-hybridized carbons (Fsp3) is 0.615. The zero-order valence-corrected chi connectivity index (χ0v) is 8.95. The van der Waals surface area contributed by atoms with Crippen LogP contribution in [0.3, 0.4) is 0 Å². The van der Waals surface area contributed by atoms with Crippen molar-refractivity contribution < 1.29 is 0 Å². The van der Waals surface area contributed by atoms with E-state index in [0.717, 1.165) is 12.8 Å². The van der Waals surface area contributed by atoms with Crippen molar-refractivity contribution in [2.75, 3.05) is 0 Å². The third-order valence-corrected chi connectivity index (χ3v) is 3.48. The van der Waals surface area contributed by atoms with E-state index >= 15 is 0 Å². The van der Waals surface area contributed by atoms with Crippen molar-refractivity contribution in [2.24, 2.45) is 23.7 Å². The van der Waals surface area contributed by atoms with Crippen molar-refractivity contribution in [1.29, 1.82) is 5.26 Å². The molecule has 0 aliphatic heterocycles. The molecule has 1 heteroatoms. The molecular weight excluding hydrogens is 170 g/mol. The first-order valence-electron chi connectivity index (χ1n) is 5.37. The highest BCUT2D eigenvalue weighted by molar-refractivity contribution is 4.99. The summed E-state index contributed by atoms with van der Waals surface area (Å²) >= 11 is 0. The van der Waals surface area contributed by atoms with E-state index in [1.807, 2.05) is 19.1 Å². The third kappa shape index (κ3) is 2.26. The van der Waals surface area contributed by atoms with Gasteiger partial charge in [-0.1, -0.05) is 12.2 Å². The highest BCUT2D eigenvalue weighted by Crippen LogP contribution is 2.38. The molecule has 1 fully saturated rings. The van der Waals surface area contributed by atoms with Gasteiger partial charge in [0.1, 0.15) is 0 Å². The number of rotatable bonds is 3. The topological polar surface area (TPSA) is 23.8 Å². The number of nitriles is 1. The van der Waals surface area contributed by atoms with E-state index in [2.05, 4.69) is 19.2 Å². The van der Waals surface area contributed by atoms with Crippen LogP contribution in [0.1, 0.15) is 26.2 Å². The van der Waals surface area contributed by atoms with E-state index in [1.165, 1.54) is 6.42 Å². The van der Waals surface area contributed by atoms with Crippen LogP contribution in [0.15, 0.2) is 25.3 Å². The maximum atomic E-state index is 8.95. The molecule has 0 N–H and O–H groups in total. The van der Waals surface area contributed by atoms with Crippen LogP contribution >= 0.6 is 0 Å². The fourth-order valence-electron chi connectivity index (χ4n) is 2.44. The molecule has 0 heterocycles. The Morgan fingerprint density at radius 1 is 1.36 bits per heavy atom. The van der Waals surface area contributed by atoms with Crippen molar-refractivity contribution in [2.45, 2.75) is 26.2 Å². The van der Waals surface area contributed by atoms with Crippen molar-refractivity contribution >= 4 is 0 Å². The maximum Gasteiger partial charge on any atom is 0.0656 e. The minimum absolute atomic E-state index is 0.140. The molecule has 1 saturated carbocycles. The molecule has 4 atom stereocenters. The lowest BCUT2D eigenvalue weighted by molar-refractivity contribution is 0.205. The van der Waals surface area contributed by atoms with E-state index in [9.17, 15) is 0 Å². The average Bonchev–Trinajstić information content (AvgIpc) is 2.27. The van der Waals surface area contributed by atoms with Gasteiger partial charge in [0.25, 0.3) is 0 Å². The molecule has 0 amide bonds.